The monoisotopic (exact) mass is 980 g/mol. The lowest BCUT2D eigenvalue weighted by Crippen LogP contribution is -2.47. The van der Waals surface area contributed by atoms with Crippen LogP contribution < -0.4 is 24.6 Å². The molecule has 18 heteroatoms. The molecular weight excluding hydrogens is 920 g/mol. The molecule has 0 bridgehead atoms. The maximum atomic E-state index is 14.6. The van der Waals surface area contributed by atoms with Crippen molar-refractivity contribution in [2.45, 2.75) is 82.8 Å². The molecule has 4 N–H and O–H groups in total. The van der Waals surface area contributed by atoms with Crippen molar-refractivity contribution in [2.24, 2.45) is 11.3 Å². The molecule has 9 rings (SSSR count). The smallest absolute Gasteiger partial charge is 0.293 e. The van der Waals surface area contributed by atoms with Crippen LogP contribution in [-0.2, 0) is 14.8 Å². The Bertz CT molecular complexity index is 2870. The van der Waals surface area contributed by atoms with E-state index in [1.807, 2.05) is 41.3 Å². The van der Waals surface area contributed by atoms with E-state index in [1.165, 1.54) is 28.8 Å². The third-order valence-corrected chi connectivity index (χ3v) is 15.7. The lowest BCUT2D eigenvalue weighted by molar-refractivity contribution is -0.384. The van der Waals surface area contributed by atoms with Crippen LogP contribution in [0.1, 0.15) is 82.1 Å². The van der Waals surface area contributed by atoms with E-state index in [0.717, 1.165) is 73.9 Å². The minimum atomic E-state index is -4.63. The summed E-state index contributed by atoms with van der Waals surface area (Å²) in [5, 5.41) is 28.1. The number of carbonyl (C=O) groups is 1. The lowest BCUT2D eigenvalue weighted by Gasteiger charge is -2.39. The predicted molar refractivity (Wildman–Crippen MR) is 269 cm³/mol. The second-order valence-electron chi connectivity index (χ2n) is 20.1. The second-order valence-corrected chi connectivity index (χ2v) is 22.2. The number of anilines is 4. The number of nitro benzene ring substituents is 1. The van der Waals surface area contributed by atoms with Crippen LogP contribution in [-0.4, -0.2) is 110 Å². The largest absolute Gasteiger partial charge is 0.470 e. The van der Waals surface area contributed by atoms with E-state index in [0.29, 0.717) is 56.3 Å². The van der Waals surface area contributed by atoms with Gasteiger partial charge in [-0.1, -0.05) is 43.2 Å². The Morgan fingerprint density at radius 3 is 2.46 bits per heavy atom. The number of nitrogens with one attached hydrogen (secondary N) is 3. The average molecular weight is 982 g/mol. The molecule has 3 aliphatic heterocycles. The SMILES string of the molecule is CC1(C)CCC(CN2CCN(c3ccc(C(=O)NS(=O)(=O)c4ccc(NCC5CCOCC5)c([N+](=O)[O-])c4)c(N4CCC(C(C)(C)O)Oc5nc6[nH]ccc6cc54)c3)CC2)=C(c2ccc(Cl)cc2)C1. The van der Waals surface area contributed by atoms with Gasteiger partial charge in [-0.05, 0) is 123 Å². The predicted octanol–water partition coefficient (Wildman–Crippen LogP) is 8.93. The average Bonchev–Trinajstić information content (AvgIpc) is 3.69. The standard InChI is InChI=1S/C51H61ClN8O8S/c1-50(2)18-13-36(41(30-50)34-5-7-37(52)8-6-34)32-57-21-23-58(24-22-57)38-9-11-40(43(28-38)59-20-15-46(51(3,4)62)68-49-45(59)27-35-14-19-53-47(35)55-49)48(61)56-69(65,66)39-10-12-42(44(29-39)60(63)64)54-31-33-16-25-67-26-17-33/h5-12,14,19,27-29,33,46,54,62H,13,15-18,20-26,30-32H2,1-4H3,(H,53,55)(H,56,61). The first-order valence-corrected chi connectivity index (χ1v) is 25.7. The number of carbonyl (C=O) groups excluding carboxylic acids is 1. The molecule has 2 fully saturated rings. The molecule has 1 atom stereocenters. The number of benzene rings is 3. The Kier molecular flexibility index (Phi) is 13.7. The number of piperazine rings is 1. The summed E-state index contributed by atoms with van der Waals surface area (Å²) in [5.41, 5.74) is 5.20. The van der Waals surface area contributed by atoms with Gasteiger partial charge < -0.3 is 34.7 Å². The third kappa shape index (κ3) is 10.9. The number of H-pyrrole nitrogens is 1. The van der Waals surface area contributed by atoms with E-state index in [-0.39, 0.29) is 35.0 Å². The van der Waals surface area contributed by atoms with E-state index in [2.05, 4.69) is 50.8 Å². The van der Waals surface area contributed by atoms with Gasteiger partial charge in [-0.15, -0.1) is 0 Å². The van der Waals surface area contributed by atoms with Crippen molar-refractivity contribution in [1.82, 2.24) is 19.6 Å². The van der Waals surface area contributed by atoms with E-state index in [1.54, 1.807) is 26.1 Å². The van der Waals surface area contributed by atoms with E-state index < -0.39 is 43.1 Å². The van der Waals surface area contributed by atoms with Crippen LogP contribution in [0.4, 0.5) is 28.4 Å². The summed E-state index contributed by atoms with van der Waals surface area (Å²) in [7, 11) is -4.63. The molecular formula is C51H61ClN8O8S. The van der Waals surface area contributed by atoms with Gasteiger partial charge in [-0.25, -0.2) is 13.1 Å². The van der Waals surface area contributed by atoms with Crippen LogP contribution in [0.5, 0.6) is 5.88 Å². The molecule has 0 saturated carbocycles. The minimum absolute atomic E-state index is 0.0499. The van der Waals surface area contributed by atoms with Crippen molar-refractivity contribution in [3.63, 3.8) is 0 Å². The molecule has 5 heterocycles. The number of ether oxygens (including phenoxy) is 2. The fraction of sp³-hybridized carbons (Fsp3) is 0.451. The summed E-state index contributed by atoms with van der Waals surface area (Å²) < 4.78 is 42.2. The summed E-state index contributed by atoms with van der Waals surface area (Å²) >= 11 is 6.28. The lowest BCUT2D eigenvalue weighted by atomic mass is 9.72. The van der Waals surface area contributed by atoms with Crippen molar-refractivity contribution in [3.05, 3.63) is 111 Å². The van der Waals surface area contributed by atoms with Gasteiger partial charge in [0.15, 0.2) is 0 Å². The Morgan fingerprint density at radius 1 is 0.986 bits per heavy atom. The van der Waals surface area contributed by atoms with Crippen LogP contribution in [0.3, 0.4) is 0 Å². The Morgan fingerprint density at radius 2 is 1.74 bits per heavy atom. The summed E-state index contributed by atoms with van der Waals surface area (Å²) in [6, 6.07) is 20.9. The fourth-order valence-corrected chi connectivity index (χ4v) is 11.1. The van der Waals surface area contributed by atoms with Gasteiger partial charge in [-0.3, -0.25) is 19.8 Å². The number of halogens is 1. The topological polar surface area (TPSA) is 195 Å². The highest BCUT2D eigenvalue weighted by molar-refractivity contribution is 7.90. The molecule has 4 aliphatic rings. The molecule has 2 saturated heterocycles. The van der Waals surface area contributed by atoms with Crippen molar-refractivity contribution in [1.29, 1.82) is 0 Å². The van der Waals surface area contributed by atoms with Gasteiger partial charge in [0, 0.05) is 93.8 Å². The number of rotatable bonds is 13. The van der Waals surface area contributed by atoms with E-state index in [4.69, 9.17) is 26.1 Å². The number of pyridine rings is 1. The number of aromatic nitrogens is 2. The Hall–Kier alpha value is -5.72. The molecule has 2 aromatic heterocycles. The molecule has 1 amide bonds. The zero-order valence-corrected chi connectivity index (χ0v) is 41.2. The van der Waals surface area contributed by atoms with Crippen LogP contribution >= 0.6 is 11.6 Å². The van der Waals surface area contributed by atoms with Crippen molar-refractivity contribution >= 4 is 72.6 Å². The zero-order chi connectivity index (χ0) is 48.7. The molecule has 366 valence electrons. The number of allylic oxidation sites excluding steroid dienone is 1. The van der Waals surface area contributed by atoms with E-state index >= 15 is 0 Å². The van der Waals surface area contributed by atoms with Crippen LogP contribution in [0.25, 0.3) is 16.6 Å². The number of fused-ring (bicyclic) bond motifs is 2. The quantitative estimate of drug-likeness (QED) is 0.0646. The summed E-state index contributed by atoms with van der Waals surface area (Å²) in [6.07, 6.45) is 6.20. The van der Waals surface area contributed by atoms with Crippen LogP contribution in [0.15, 0.2) is 89.5 Å². The number of nitro groups is 1. The highest BCUT2D eigenvalue weighted by Crippen LogP contribution is 2.45. The molecule has 69 heavy (non-hydrogen) atoms. The zero-order valence-electron chi connectivity index (χ0n) is 39.6. The van der Waals surface area contributed by atoms with Gasteiger partial charge in [0.2, 0.25) is 5.88 Å². The highest BCUT2D eigenvalue weighted by atomic mass is 35.5. The molecule has 1 aliphatic carbocycles. The first-order chi connectivity index (χ1) is 32.9. The van der Waals surface area contributed by atoms with Crippen LogP contribution in [0, 0.1) is 21.4 Å². The molecule has 16 nitrogen and oxygen atoms in total. The Labute approximate surface area is 408 Å². The first-order valence-electron chi connectivity index (χ1n) is 23.8. The van der Waals surface area contributed by atoms with Gasteiger partial charge in [0.1, 0.15) is 23.1 Å². The maximum Gasteiger partial charge on any atom is 0.293 e. The highest BCUT2D eigenvalue weighted by Gasteiger charge is 2.37. The molecule has 1 unspecified atom stereocenters. The molecule has 0 radical (unpaired) electrons. The van der Waals surface area contributed by atoms with Gasteiger partial charge in [-0.2, -0.15) is 4.98 Å². The van der Waals surface area contributed by atoms with Gasteiger partial charge >= 0.3 is 0 Å². The van der Waals surface area contributed by atoms with Crippen molar-refractivity contribution < 1.29 is 32.7 Å². The summed E-state index contributed by atoms with van der Waals surface area (Å²) in [6.45, 7) is 13.9. The third-order valence-electron chi connectivity index (χ3n) is 14.1. The number of hydrogen-bond donors (Lipinski definition) is 4. The number of aliphatic hydroxyl groups is 1. The number of sulfonamides is 1. The Balaban J connectivity index is 1.02. The molecule has 5 aromatic rings. The first kappa shape index (κ1) is 48.3. The number of amides is 1. The molecule has 0 spiro atoms. The number of hydrogen-bond acceptors (Lipinski definition) is 13. The summed E-state index contributed by atoms with van der Waals surface area (Å²) in [5.74, 6) is -0.428. The van der Waals surface area contributed by atoms with Gasteiger partial charge in [0.25, 0.3) is 21.6 Å². The maximum absolute atomic E-state index is 14.6. The summed E-state index contributed by atoms with van der Waals surface area (Å²) in [4.78, 5) is 40.4. The number of nitrogens with zero attached hydrogens (tertiary/aromatic N) is 5. The van der Waals surface area contributed by atoms with E-state index in [9.17, 15) is 28.4 Å². The fourth-order valence-electron chi connectivity index (χ4n) is 9.99. The van der Waals surface area contributed by atoms with Crippen molar-refractivity contribution in [3.8, 4) is 5.88 Å². The van der Waals surface area contributed by atoms with Gasteiger partial charge in [0.05, 0.1) is 26.7 Å². The molecule has 3 aromatic carbocycles. The normalized spacial score (nSPS) is 19.5. The number of aromatic amines is 1. The minimum Gasteiger partial charge on any atom is -0.470 e. The van der Waals surface area contributed by atoms with Crippen LogP contribution in [0.2, 0.25) is 5.02 Å². The van der Waals surface area contributed by atoms with Crippen molar-refractivity contribution in [2.75, 3.05) is 74.1 Å². The second kappa shape index (κ2) is 19.6.